The molecule has 1 rings (SSSR count). The largest absolute Gasteiger partial charge is 0.480 e. The fourth-order valence-electron chi connectivity index (χ4n) is 1.40. The number of nitrogens with one attached hydrogen (secondary N) is 2. The molecule has 8 heteroatoms. The minimum Gasteiger partial charge on any atom is -0.480 e. The molecule has 98 valence electrons. The van der Waals surface area contributed by atoms with E-state index in [0.29, 0.717) is 12.8 Å². The summed E-state index contributed by atoms with van der Waals surface area (Å²) in [5, 5.41) is 21.6. The number of carbonyl (C=O) groups is 2. The number of aromatic amines is 1. The third kappa shape index (κ3) is 3.30. The fraction of sp³-hybridized carbons (Fsp3) is 0.400. The molecule has 0 aliphatic heterocycles. The number of hydrogen-bond donors (Lipinski definition) is 3. The van der Waals surface area contributed by atoms with Crippen molar-refractivity contribution in [1.29, 1.82) is 0 Å². The van der Waals surface area contributed by atoms with Crippen LogP contribution in [0.1, 0.15) is 30.3 Å². The molecule has 0 aromatic carbocycles. The van der Waals surface area contributed by atoms with Crippen LogP contribution in [0.4, 0.5) is 5.69 Å². The Morgan fingerprint density at radius 2 is 2.28 bits per heavy atom. The van der Waals surface area contributed by atoms with Crippen LogP contribution in [-0.2, 0) is 4.79 Å². The zero-order chi connectivity index (χ0) is 13.7. The molecule has 0 aliphatic rings. The van der Waals surface area contributed by atoms with E-state index in [2.05, 4.69) is 10.3 Å². The third-order valence-corrected chi connectivity index (χ3v) is 2.30. The Kier molecular flexibility index (Phi) is 4.41. The van der Waals surface area contributed by atoms with Gasteiger partial charge in [-0.3, -0.25) is 14.9 Å². The first-order valence-electron chi connectivity index (χ1n) is 5.32. The third-order valence-electron chi connectivity index (χ3n) is 2.30. The predicted octanol–water partition coefficient (Wildman–Crippen LogP) is 0.906. The summed E-state index contributed by atoms with van der Waals surface area (Å²) in [7, 11) is 0. The number of carboxylic acids is 1. The topological polar surface area (TPSA) is 125 Å². The molecule has 0 unspecified atom stereocenters. The molecule has 1 aromatic rings. The van der Waals surface area contributed by atoms with Gasteiger partial charge >= 0.3 is 5.97 Å². The van der Waals surface area contributed by atoms with Crippen molar-refractivity contribution in [2.75, 3.05) is 0 Å². The van der Waals surface area contributed by atoms with Crippen LogP contribution in [0.15, 0.2) is 12.3 Å². The highest BCUT2D eigenvalue weighted by Crippen LogP contribution is 2.12. The van der Waals surface area contributed by atoms with Crippen LogP contribution in [0, 0.1) is 10.1 Å². The molecule has 1 atom stereocenters. The van der Waals surface area contributed by atoms with E-state index in [0.717, 1.165) is 12.3 Å². The predicted molar refractivity (Wildman–Crippen MR) is 61.2 cm³/mol. The second-order valence-corrected chi connectivity index (χ2v) is 3.68. The Hall–Kier alpha value is -2.38. The van der Waals surface area contributed by atoms with Crippen LogP contribution in [0.5, 0.6) is 0 Å². The molecule has 1 aromatic heterocycles. The van der Waals surface area contributed by atoms with Crippen molar-refractivity contribution in [1.82, 2.24) is 10.3 Å². The average Bonchev–Trinajstić information content (AvgIpc) is 2.77. The number of nitrogens with zero attached hydrogens (tertiary/aromatic N) is 1. The van der Waals surface area contributed by atoms with E-state index < -0.39 is 22.8 Å². The highest BCUT2D eigenvalue weighted by molar-refractivity contribution is 5.95. The van der Waals surface area contributed by atoms with Crippen LogP contribution in [0.2, 0.25) is 0 Å². The lowest BCUT2D eigenvalue weighted by Gasteiger charge is -2.12. The Balaban J connectivity index is 2.74. The lowest BCUT2D eigenvalue weighted by atomic mass is 10.1. The Morgan fingerprint density at radius 3 is 2.72 bits per heavy atom. The number of hydrogen-bond acceptors (Lipinski definition) is 4. The van der Waals surface area contributed by atoms with Gasteiger partial charge in [-0.05, 0) is 6.42 Å². The molecular weight excluding hydrogens is 242 g/mol. The van der Waals surface area contributed by atoms with Gasteiger partial charge in [-0.1, -0.05) is 13.3 Å². The molecule has 0 spiro atoms. The van der Waals surface area contributed by atoms with Crippen LogP contribution >= 0.6 is 0 Å². The van der Waals surface area contributed by atoms with Crippen molar-refractivity contribution >= 4 is 17.6 Å². The van der Waals surface area contributed by atoms with E-state index in [-0.39, 0.29) is 11.4 Å². The summed E-state index contributed by atoms with van der Waals surface area (Å²) in [6, 6.07) is 0.0602. The molecule has 8 nitrogen and oxygen atoms in total. The van der Waals surface area contributed by atoms with Crippen LogP contribution in [0.25, 0.3) is 0 Å². The van der Waals surface area contributed by atoms with Gasteiger partial charge in [0.15, 0.2) is 0 Å². The highest BCUT2D eigenvalue weighted by Gasteiger charge is 2.21. The Bertz CT molecular complexity index is 468. The monoisotopic (exact) mass is 255 g/mol. The standard InChI is InChI=1S/C10H13N3O5/c1-2-3-7(10(15)16)12-9(14)8-4-6(5-11-8)13(17)18/h4-5,7,11H,2-3H2,1H3,(H,12,14)(H,15,16)/t7-/m0/s1. The average molecular weight is 255 g/mol. The molecule has 0 saturated carbocycles. The maximum absolute atomic E-state index is 11.6. The van der Waals surface area contributed by atoms with Crippen LogP contribution in [-0.4, -0.2) is 32.9 Å². The number of rotatable bonds is 6. The van der Waals surface area contributed by atoms with Crippen molar-refractivity contribution in [3.63, 3.8) is 0 Å². The molecule has 0 aliphatic carbocycles. The number of amides is 1. The van der Waals surface area contributed by atoms with Gasteiger partial charge in [0, 0.05) is 6.07 Å². The summed E-state index contributed by atoms with van der Waals surface area (Å²) in [5.41, 5.74) is -0.286. The molecule has 1 heterocycles. The van der Waals surface area contributed by atoms with Crippen molar-refractivity contribution in [2.24, 2.45) is 0 Å². The summed E-state index contributed by atoms with van der Waals surface area (Å²) >= 11 is 0. The van der Waals surface area contributed by atoms with E-state index in [1.807, 2.05) is 0 Å². The first kappa shape index (κ1) is 13.7. The van der Waals surface area contributed by atoms with E-state index in [1.54, 1.807) is 6.92 Å². The van der Waals surface area contributed by atoms with Gasteiger partial charge in [-0.25, -0.2) is 4.79 Å². The van der Waals surface area contributed by atoms with E-state index in [1.165, 1.54) is 0 Å². The maximum Gasteiger partial charge on any atom is 0.326 e. The number of aromatic nitrogens is 1. The van der Waals surface area contributed by atoms with Crippen molar-refractivity contribution in [3.8, 4) is 0 Å². The van der Waals surface area contributed by atoms with Crippen molar-refractivity contribution in [3.05, 3.63) is 28.1 Å². The number of aliphatic carboxylic acids is 1. The Labute approximate surface area is 102 Å². The second kappa shape index (κ2) is 5.80. The van der Waals surface area contributed by atoms with E-state index >= 15 is 0 Å². The van der Waals surface area contributed by atoms with Gasteiger partial charge in [-0.2, -0.15) is 0 Å². The smallest absolute Gasteiger partial charge is 0.326 e. The zero-order valence-electron chi connectivity index (χ0n) is 9.67. The minimum atomic E-state index is -1.13. The fourth-order valence-corrected chi connectivity index (χ4v) is 1.40. The zero-order valence-corrected chi connectivity index (χ0v) is 9.67. The number of carboxylic acid groups (broad SMARTS) is 1. The van der Waals surface area contributed by atoms with Crippen molar-refractivity contribution < 1.29 is 19.6 Å². The number of carbonyl (C=O) groups excluding carboxylic acids is 1. The first-order valence-corrected chi connectivity index (χ1v) is 5.32. The van der Waals surface area contributed by atoms with Gasteiger partial charge in [0.1, 0.15) is 11.7 Å². The van der Waals surface area contributed by atoms with Gasteiger partial charge in [0.05, 0.1) is 11.1 Å². The summed E-state index contributed by atoms with van der Waals surface area (Å²) in [4.78, 5) is 34.7. The summed E-state index contributed by atoms with van der Waals surface area (Å²) in [6.45, 7) is 1.79. The van der Waals surface area contributed by atoms with Crippen LogP contribution in [0.3, 0.4) is 0 Å². The Morgan fingerprint density at radius 1 is 1.61 bits per heavy atom. The molecule has 3 N–H and O–H groups in total. The number of nitro groups is 1. The number of H-pyrrole nitrogens is 1. The molecule has 18 heavy (non-hydrogen) atoms. The molecule has 0 saturated heterocycles. The summed E-state index contributed by atoms with van der Waals surface area (Å²) in [6.07, 6.45) is 1.97. The van der Waals surface area contributed by atoms with E-state index in [9.17, 15) is 19.7 Å². The quantitative estimate of drug-likeness (QED) is 0.514. The summed E-state index contributed by atoms with van der Waals surface area (Å²) in [5.74, 6) is -1.81. The summed E-state index contributed by atoms with van der Waals surface area (Å²) < 4.78 is 0. The van der Waals surface area contributed by atoms with Gasteiger partial charge in [-0.15, -0.1) is 0 Å². The SMILES string of the molecule is CCC[C@H](NC(=O)c1cc([N+](=O)[O-])c[nH]1)C(=O)O. The normalized spacial score (nSPS) is 11.8. The molecule has 0 bridgehead atoms. The highest BCUT2D eigenvalue weighted by atomic mass is 16.6. The minimum absolute atomic E-state index is 0.0379. The first-order chi connectivity index (χ1) is 8.45. The lowest BCUT2D eigenvalue weighted by Crippen LogP contribution is -2.40. The van der Waals surface area contributed by atoms with Gasteiger partial charge in [0.2, 0.25) is 0 Å². The lowest BCUT2D eigenvalue weighted by molar-refractivity contribution is -0.384. The molecule has 0 radical (unpaired) electrons. The molecule has 1 amide bonds. The molecular formula is C10H13N3O5. The van der Waals surface area contributed by atoms with Crippen LogP contribution < -0.4 is 5.32 Å². The second-order valence-electron chi connectivity index (χ2n) is 3.68. The van der Waals surface area contributed by atoms with Gasteiger partial charge in [0.25, 0.3) is 11.6 Å². The molecule has 0 fully saturated rings. The maximum atomic E-state index is 11.6. The van der Waals surface area contributed by atoms with Gasteiger partial charge < -0.3 is 15.4 Å². The van der Waals surface area contributed by atoms with Crippen molar-refractivity contribution in [2.45, 2.75) is 25.8 Å². The van der Waals surface area contributed by atoms with E-state index in [4.69, 9.17) is 5.11 Å².